The number of rotatable bonds is 4. The minimum absolute atomic E-state index is 0.160. The molecule has 1 aliphatic rings. The van der Waals surface area contributed by atoms with Crippen molar-refractivity contribution in [1.29, 1.82) is 0 Å². The maximum Gasteiger partial charge on any atom is 0.272 e. The number of amides is 1. The Morgan fingerprint density at radius 3 is 3.11 bits per heavy atom. The summed E-state index contributed by atoms with van der Waals surface area (Å²) in [5, 5.41) is 9.84. The lowest BCUT2D eigenvalue weighted by Crippen LogP contribution is -2.29. The molecule has 0 saturated carbocycles. The fraction of sp³-hybridized carbons (Fsp3) is 0.667. The van der Waals surface area contributed by atoms with Crippen molar-refractivity contribution < 1.29 is 9.00 Å². The highest BCUT2D eigenvalue weighted by Gasteiger charge is 2.24. The third kappa shape index (κ3) is 2.98. The van der Waals surface area contributed by atoms with Gasteiger partial charge in [-0.3, -0.25) is 14.1 Å². The first-order chi connectivity index (χ1) is 8.58. The van der Waals surface area contributed by atoms with E-state index in [1.807, 2.05) is 0 Å². The van der Waals surface area contributed by atoms with Gasteiger partial charge in [-0.25, -0.2) is 0 Å². The van der Waals surface area contributed by atoms with E-state index in [1.54, 1.807) is 6.26 Å². The topological polar surface area (TPSA) is 74.8 Å². The van der Waals surface area contributed by atoms with E-state index < -0.39 is 10.8 Å². The zero-order valence-corrected chi connectivity index (χ0v) is 11.6. The number of aromatic nitrogens is 2. The highest BCUT2D eigenvalue weighted by atomic mass is 32.2. The van der Waals surface area contributed by atoms with E-state index in [2.05, 4.69) is 22.4 Å². The lowest BCUT2D eigenvalue weighted by atomic mass is 9.88. The smallest absolute Gasteiger partial charge is 0.272 e. The van der Waals surface area contributed by atoms with Gasteiger partial charge in [0.05, 0.1) is 0 Å². The van der Waals surface area contributed by atoms with Gasteiger partial charge < -0.3 is 5.32 Å². The molecule has 18 heavy (non-hydrogen) atoms. The average Bonchev–Trinajstić information content (AvgIpc) is 2.71. The van der Waals surface area contributed by atoms with E-state index in [1.165, 1.54) is 0 Å². The van der Waals surface area contributed by atoms with Crippen LogP contribution in [0.2, 0.25) is 0 Å². The molecule has 1 aliphatic carbocycles. The Hall–Kier alpha value is -1.17. The molecule has 0 aromatic carbocycles. The van der Waals surface area contributed by atoms with Crippen LogP contribution in [-0.4, -0.2) is 38.9 Å². The second-order valence-electron chi connectivity index (χ2n) is 4.91. The SMILES string of the molecule is C[C@@H]1CCc2[nH]nc(C(=O)NCC[S@](C)=O)c2C1. The fourth-order valence-electron chi connectivity index (χ4n) is 2.25. The largest absolute Gasteiger partial charge is 0.350 e. The first-order valence-electron chi connectivity index (χ1n) is 6.22. The van der Waals surface area contributed by atoms with Gasteiger partial charge in [-0.1, -0.05) is 6.92 Å². The highest BCUT2D eigenvalue weighted by molar-refractivity contribution is 7.84. The van der Waals surface area contributed by atoms with E-state index in [9.17, 15) is 9.00 Å². The quantitative estimate of drug-likeness (QED) is 0.842. The van der Waals surface area contributed by atoms with Crippen molar-refractivity contribution in [2.24, 2.45) is 5.92 Å². The molecular formula is C12H19N3O2S. The molecule has 1 heterocycles. The van der Waals surface area contributed by atoms with Gasteiger partial charge in [0.15, 0.2) is 5.69 Å². The Kier molecular flexibility index (Phi) is 4.16. The van der Waals surface area contributed by atoms with Crippen molar-refractivity contribution in [1.82, 2.24) is 15.5 Å². The predicted molar refractivity (Wildman–Crippen MR) is 71.0 cm³/mol. The van der Waals surface area contributed by atoms with Crippen LogP contribution in [0.15, 0.2) is 0 Å². The number of hydrogen-bond acceptors (Lipinski definition) is 3. The monoisotopic (exact) mass is 269 g/mol. The number of carbonyl (C=O) groups is 1. The van der Waals surface area contributed by atoms with Crippen LogP contribution in [-0.2, 0) is 23.6 Å². The highest BCUT2D eigenvalue weighted by Crippen LogP contribution is 2.25. The Labute approximate surface area is 109 Å². The number of H-pyrrole nitrogens is 1. The summed E-state index contributed by atoms with van der Waals surface area (Å²) in [5.74, 6) is 0.922. The van der Waals surface area contributed by atoms with E-state index >= 15 is 0 Å². The van der Waals surface area contributed by atoms with Crippen LogP contribution in [0.1, 0.15) is 35.1 Å². The van der Waals surface area contributed by atoms with Gasteiger partial charge >= 0.3 is 0 Å². The maximum absolute atomic E-state index is 12.0. The van der Waals surface area contributed by atoms with Crippen molar-refractivity contribution in [3.63, 3.8) is 0 Å². The van der Waals surface area contributed by atoms with Crippen LogP contribution in [0.4, 0.5) is 0 Å². The summed E-state index contributed by atoms with van der Waals surface area (Å²) in [6.45, 7) is 2.62. The van der Waals surface area contributed by atoms with Gasteiger partial charge in [-0.05, 0) is 25.2 Å². The molecule has 0 bridgehead atoms. The standard InChI is InChI=1S/C12H19N3O2S/c1-8-3-4-10-9(7-8)11(15-14-10)12(16)13-5-6-18(2)17/h8H,3-7H2,1-2H3,(H,13,16)(H,14,15)/t8-,18+/m1/s1. The Morgan fingerprint density at radius 1 is 1.61 bits per heavy atom. The molecule has 2 atom stereocenters. The molecule has 1 aromatic heterocycles. The van der Waals surface area contributed by atoms with Crippen molar-refractivity contribution in [2.45, 2.75) is 26.2 Å². The summed E-state index contributed by atoms with van der Waals surface area (Å²) in [6.07, 6.45) is 4.65. The lowest BCUT2D eigenvalue weighted by Gasteiger charge is -2.17. The van der Waals surface area contributed by atoms with Crippen molar-refractivity contribution in [3.8, 4) is 0 Å². The third-order valence-electron chi connectivity index (χ3n) is 3.28. The van der Waals surface area contributed by atoms with Gasteiger partial charge in [-0.2, -0.15) is 5.10 Å². The zero-order valence-electron chi connectivity index (χ0n) is 10.8. The van der Waals surface area contributed by atoms with Crippen molar-refractivity contribution >= 4 is 16.7 Å². The number of carbonyl (C=O) groups excluding carboxylic acids is 1. The molecular weight excluding hydrogens is 250 g/mol. The lowest BCUT2D eigenvalue weighted by molar-refractivity contribution is 0.0950. The van der Waals surface area contributed by atoms with Crippen LogP contribution in [0.3, 0.4) is 0 Å². The molecule has 6 heteroatoms. The maximum atomic E-state index is 12.0. The minimum Gasteiger partial charge on any atom is -0.350 e. The number of aryl methyl sites for hydroxylation is 1. The van der Waals surface area contributed by atoms with Crippen LogP contribution < -0.4 is 5.32 Å². The Bertz CT molecular complexity index is 470. The summed E-state index contributed by atoms with van der Waals surface area (Å²) in [7, 11) is -0.879. The molecule has 100 valence electrons. The van der Waals surface area contributed by atoms with Gasteiger partial charge in [-0.15, -0.1) is 0 Å². The first-order valence-corrected chi connectivity index (χ1v) is 7.95. The summed E-state index contributed by atoms with van der Waals surface area (Å²) in [6, 6.07) is 0. The number of aromatic amines is 1. The van der Waals surface area contributed by atoms with Crippen LogP contribution in [0.25, 0.3) is 0 Å². The van der Waals surface area contributed by atoms with Crippen molar-refractivity contribution in [3.05, 3.63) is 17.0 Å². The van der Waals surface area contributed by atoms with Crippen LogP contribution >= 0.6 is 0 Å². The average molecular weight is 269 g/mol. The molecule has 5 nitrogen and oxygen atoms in total. The Morgan fingerprint density at radius 2 is 2.39 bits per heavy atom. The normalized spacial score (nSPS) is 20.2. The van der Waals surface area contributed by atoms with Gasteiger partial charge in [0.25, 0.3) is 5.91 Å². The predicted octanol–water partition coefficient (Wildman–Crippen LogP) is 0.643. The molecule has 0 unspecified atom stereocenters. The molecule has 0 saturated heterocycles. The molecule has 1 amide bonds. The fourth-order valence-corrected chi connectivity index (χ4v) is 2.64. The molecule has 0 radical (unpaired) electrons. The van der Waals surface area contributed by atoms with Gasteiger partial charge in [0.1, 0.15) is 0 Å². The number of fused-ring (bicyclic) bond motifs is 1. The summed E-state index contributed by atoms with van der Waals surface area (Å²) in [4.78, 5) is 12.0. The van der Waals surface area contributed by atoms with Crippen LogP contribution in [0, 0.1) is 5.92 Å². The van der Waals surface area contributed by atoms with E-state index in [0.717, 1.165) is 30.5 Å². The van der Waals surface area contributed by atoms with Crippen molar-refractivity contribution in [2.75, 3.05) is 18.6 Å². The first kappa shape index (κ1) is 13.3. The number of nitrogens with one attached hydrogen (secondary N) is 2. The second-order valence-corrected chi connectivity index (χ2v) is 6.47. The molecule has 2 rings (SSSR count). The molecule has 2 N–H and O–H groups in total. The summed E-state index contributed by atoms with van der Waals surface area (Å²) >= 11 is 0. The Balaban J connectivity index is 2.02. The molecule has 1 aromatic rings. The van der Waals surface area contributed by atoms with E-state index in [4.69, 9.17) is 0 Å². The molecule has 0 aliphatic heterocycles. The second kappa shape index (κ2) is 5.65. The van der Waals surface area contributed by atoms with E-state index in [-0.39, 0.29) is 5.91 Å². The zero-order chi connectivity index (χ0) is 13.1. The number of hydrogen-bond donors (Lipinski definition) is 2. The van der Waals surface area contributed by atoms with E-state index in [0.29, 0.717) is 23.9 Å². The van der Waals surface area contributed by atoms with Gasteiger partial charge in [0.2, 0.25) is 0 Å². The summed E-state index contributed by atoms with van der Waals surface area (Å²) < 4.78 is 10.9. The minimum atomic E-state index is -0.879. The van der Waals surface area contributed by atoms with Gasteiger partial charge in [0, 0.05) is 40.6 Å². The third-order valence-corrected chi connectivity index (χ3v) is 4.06. The summed E-state index contributed by atoms with van der Waals surface area (Å²) in [5.41, 5.74) is 2.67. The molecule has 0 fully saturated rings. The number of nitrogens with zero attached hydrogens (tertiary/aromatic N) is 1. The molecule has 0 spiro atoms. The van der Waals surface area contributed by atoms with Crippen LogP contribution in [0.5, 0.6) is 0 Å².